The van der Waals surface area contributed by atoms with Crippen LogP contribution in [0.2, 0.25) is 0 Å². The second-order valence-electron chi connectivity index (χ2n) is 5.70. The van der Waals surface area contributed by atoms with Crippen molar-refractivity contribution in [2.45, 2.75) is 26.9 Å². The molecule has 0 saturated carbocycles. The third-order valence-electron chi connectivity index (χ3n) is 3.72. The van der Waals surface area contributed by atoms with Crippen molar-refractivity contribution in [3.63, 3.8) is 0 Å². The molecule has 3 N–H and O–H groups in total. The molecule has 0 radical (unpaired) electrons. The van der Waals surface area contributed by atoms with Crippen molar-refractivity contribution in [3.05, 3.63) is 71.0 Å². The summed E-state index contributed by atoms with van der Waals surface area (Å²) in [7, 11) is 0. The number of rotatable bonds is 7. The lowest BCUT2D eigenvalue weighted by atomic mass is 10.1. The molecule has 0 aromatic heterocycles. The molecule has 0 bridgehead atoms. The topological polar surface area (TPSA) is 65.5 Å². The van der Waals surface area contributed by atoms with E-state index in [0.717, 1.165) is 5.56 Å². The van der Waals surface area contributed by atoms with Gasteiger partial charge in [-0.2, -0.15) is 0 Å². The molecule has 2 aromatic carbocycles. The van der Waals surface area contributed by atoms with E-state index in [1.807, 2.05) is 26.0 Å². The van der Waals surface area contributed by atoms with Crippen molar-refractivity contribution in [2.75, 3.05) is 13.1 Å². The van der Waals surface area contributed by atoms with Gasteiger partial charge in [0, 0.05) is 30.8 Å². The highest BCUT2D eigenvalue weighted by Gasteiger charge is 2.05. The second-order valence-corrected chi connectivity index (χ2v) is 5.70. The lowest BCUT2D eigenvalue weighted by Crippen LogP contribution is -2.37. The molecule has 26 heavy (non-hydrogen) atoms. The molecule has 2 aromatic rings. The van der Waals surface area contributed by atoms with E-state index in [1.165, 1.54) is 6.07 Å². The first-order chi connectivity index (χ1) is 12.6. The number of amides is 1. The predicted octanol–water partition coefficient (Wildman–Crippen LogP) is 2.83. The third kappa shape index (κ3) is 5.88. The van der Waals surface area contributed by atoms with Crippen LogP contribution in [0.4, 0.5) is 4.39 Å². The smallest absolute Gasteiger partial charge is 0.251 e. The Morgan fingerprint density at radius 2 is 1.65 bits per heavy atom. The van der Waals surface area contributed by atoms with E-state index in [0.29, 0.717) is 43.3 Å². The van der Waals surface area contributed by atoms with Gasteiger partial charge in [-0.1, -0.05) is 30.3 Å². The van der Waals surface area contributed by atoms with Crippen LogP contribution in [0.5, 0.6) is 0 Å². The van der Waals surface area contributed by atoms with E-state index in [2.05, 4.69) is 20.9 Å². The zero-order valence-corrected chi connectivity index (χ0v) is 15.2. The van der Waals surface area contributed by atoms with Gasteiger partial charge in [-0.05, 0) is 37.6 Å². The molecular weight excluding hydrogens is 331 g/mol. The van der Waals surface area contributed by atoms with Crippen LogP contribution in [0.3, 0.4) is 0 Å². The molecule has 0 aliphatic heterocycles. The van der Waals surface area contributed by atoms with E-state index in [4.69, 9.17) is 0 Å². The van der Waals surface area contributed by atoms with E-state index in [1.54, 1.807) is 30.3 Å². The van der Waals surface area contributed by atoms with Crippen molar-refractivity contribution in [1.82, 2.24) is 16.0 Å². The summed E-state index contributed by atoms with van der Waals surface area (Å²) in [6.07, 6.45) is 0. The Bertz CT molecular complexity index is 744. The summed E-state index contributed by atoms with van der Waals surface area (Å²) in [4.78, 5) is 16.3. The molecule has 0 spiro atoms. The molecule has 5 nitrogen and oxygen atoms in total. The lowest BCUT2D eigenvalue weighted by molar-refractivity contribution is 0.0956. The van der Waals surface area contributed by atoms with E-state index < -0.39 is 0 Å². The highest BCUT2D eigenvalue weighted by Crippen LogP contribution is 2.07. The first-order valence-electron chi connectivity index (χ1n) is 8.76. The first kappa shape index (κ1) is 19.4. The van der Waals surface area contributed by atoms with E-state index in [-0.39, 0.29) is 11.7 Å². The molecule has 0 aliphatic carbocycles. The quantitative estimate of drug-likeness (QED) is 0.528. The Hall–Kier alpha value is -2.89. The number of hydrogen-bond donors (Lipinski definition) is 3. The van der Waals surface area contributed by atoms with Gasteiger partial charge in [0.25, 0.3) is 5.91 Å². The van der Waals surface area contributed by atoms with Crippen molar-refractivity contribution < 1.29 is 9.18 Å². The van der Waals surface area contributed by atoms with Gasteiger partial charge in [-0.25, -0.2) is 9.38 Å². The summed E-state index contributed by atoms with van der Waals surface area (Å²) in [6.45, 7) is 5.99. The fourth-order valence-corrected chi connectivity index (χ4v) is 2.36. The Labute approximate surface area is 153 Å². The van der Waals surface area contributed by atoms with Gasteiger partial charge < -0.3 is 16.0 Å². The Morgan fingerprint density at radius 3 is 2.31 bits per heavy atom. The fourth-order valence-electron chi connectivity index (χ4n) is 2.36. The molecule has 0 atom stereocenters. The lowest BCUT2D eigenvalue weighted by Gasteiger charge is -2.12. The van der Waals surface area contributed by atoms with Crippen LogP contribution in [-0.2, 0) is 13.1 Å². The van der Waals surface area contributed by atoms with Gasteiger partial charge in [0.05, 0.1) is 6.54 Å². The van der Waals surface area contributed by atoms with Crippen LogP contribution in [0.1, 0.15) is 35.3 Å². The summed E-state index contributed by atoms with van der Waals surface area (Å²) < 4.78 is 13.7. The van der Waals surface area contributed by atoms with Crippen LogP contribution in [-0.4, -0.2) is 25.0 Å². The summed E-state index contributed by atoms with van der Waals surface area (Å²) in [6, 6.07) is 14.0. The Morgan fingerprint density at radius 1 is 0.962 bits per heavy atom. The van der Waals surface area contributed by atoms with Crippen LogP contribution in [0.25, 0.3) is 0 Å². The molecular formula is C20H25FN4O. The number of guanidine groups is 1. The second kappa shape index (κ2) is 10.2. The average molecular weight is 356 g/mol. The minimum absolute atomic E-state index is 0.0811. The summed E-state index contributed by atoms with van der Waals surface area (Å²) >= 11 is 0. The zero-order valence-electron chi connectivity index (χ0n) is 15.2. The third-order valence-corrected chi connectivity index (χ3v) is 3.72. The van der Waals surface area contributed by atoms with Crippen molar-refractivity contribution in [1.29, 1.82) is 0 Å². The van der Waals surface area contributed by atoms with Crippen LogP contribution >= 0.6 is 0 Å². The van der Waals surface area contributed by atoms with Crippen LogP contribution < -0.4 is 16.0 Å². The first-order valence-corrected chi connectivity index (χ1v) is 8.76. The summed E-state index contributed by atoms with van der Waals surface area (Å²) in [5, 5.41) is 9.04. The van der Waals surface area contributed by atoms with Crippen LogP contribution in [0, 0.1) is 5.82 Å². The van der Waals surface area contributed by atoms with E-state index >= 15 is 0 Å². The molecule has 6 heteroatoms. The monoisotopic (exact) mass is 356 g/mol. The number of carbonyl (C=O) groups is 1. The number of halogens is 1. The molecule has 0 heterocycles. The van der Waals surface area contributed by atoms with Gasteiger partial charge in [0.2, 0.25) is 0 Å². The number of aliphatic imine (C=N–C) groups is 1. The van der Waals surface area contributed by atoms with Gasteiger partial charge >= 0.3 is 0 Å². The minimum Gasteiger partial charge on any atom is -0.357 e. The molecule has 0 aliphatic rings. The minimum atomic E-state index is -0.239. The highest BCUT2D eigenvalue weighted by atomic mass is 19.1. The highest BCUT2D eigenvalue weighted by molar-refractivity contribution is 5.94. The van der Waals surface area contributed by atoms with Gasteiger partial charge in [-0.3, -0.25) is 4.79 Å². The molecule has 2 rings (SSSR count). The standard InChI is InChI=1S/C20H25FN4O/c1-3-22-19(26)16-11-9-15(10-12-16)13-24-20(23-4-2)25-14-17-7-5-6-8-18(17)21/h5-12H,3-4,13-14H2,1-2H3,(H,22,26)(H2,23,24,25). The molecule has 1 amide bonds. The molecule has 0 unspecified atom stereocenters. The Balaban J connectivity index is 1.97. The number of nitrogens with one attached hydrogen (secondary N) is 3. The number of carbonyl (C=O) groups excluding carboxylic acids is 1. The Kier molecular flexibility index (Phi) is 7.61. The maximum Gasteiger partial charge on any atom is 0.251 e. The van der Waals surface area contributed by atoms with E-state index in [9.17, 15) is 9.18 Å². The van der Waals surface area contributed by atoms with Crippen molar-refractivity contribution in [3.8, 4) is 0 Å². The van der Waals surface area contributed by atoms with Crippen molar-refractivity contribution in [2.24, 2.45) is 4.99 Å². The largest absolute Gasteiger partial charge is 0.357 e. The van der Waals surface area contributed by atoms with Gasteiger partial charge in [0.1, 0.15) is 5.82 Å². The zero-order chi connectivity index (χ0) is 18.8. The SMILES string of the molecule is CCNC(=O)c1ccc(CN=C(NCC)NCc2ccccc2F)cc1. The molecule has 0 saturated heterocycles. The number of nitrogens with zero attached hydrogens (tertiary/aromatic N) is 1. The predicted molar refractivity (Wildman–Crippen MR) is 103 cm³/mol. The summed E-state index contributed by atoms with van der Waals surface area (Å²) in [5.41, 5.74) is 2.20. The average Bonchev–Trinajstić information content (AvgIpc) is 2.66. The van der Waals surface area contributed by atoms with Gasteiger partial charge in [0.15, 0.2) is 5.96 Å². The number of benzene rings is 2. The fraction of sp³-hybridized carbons (Fsp3) is 0.300. The van der Waals surface area contributed by atoms with Gasteiger partial charge in [-0.15, -0.1) is 0 Å². The summed E-state index contributed by atoms with van der Waals surface area (Å²) in [5.74, 6) is 0.294. The normalized spacial score (nSPS) is 11.1. The molecule has 138 valence electrons. The molecule has 0 fully saturated rings. The number of hydrogen-bond acceptors (Lipinski definition) is 2. The maximum atomic E-state index is 13.7. The van der Waals surface area contributed by atoms with Crippen LogP contribution in [0.15, 0.2) is 53.5 Å². The maximum absolute atomic E-state index is 13.7. The van der Waals surface area contributed by atoms with Crippen molar-refractivity contribution >= 4 is 11.9 Å².